The molecular weight excluding hydrogens is 254 g/mol. The largest absolute Gasteiger partial charge is 0.389 e. The lowest BCUT2D eigenvalue weighted by Gasteiger charge is -2.12. The molecule has 1 unspecified atom stereocenters. The standard InChI is InChI=1S/C14H12F2OS/c1-9(17)11-8-10(15)6-7-13(11)18-14-5-3-2-4-12(14)16/h2-9,17H,1H3. The molecule has 0 aromatic heterocycles. The molecule has 0 spiro atoms. The van der Waals surface area contributed by atoms with Crippen molar-refractivity contribution in [3.63, 3.8) is 0 Å². The first-order valence-electron chi connectivity index (χ1n) is 5.48. The summed E-state index contributed by atoms with van der Waals surface area (Å²) in [5.74, 6) is -0.743. The van der Waals surface area contributed by atoms with Crippen LogP contribution < -0.4 is 0 Å². The number of aliphatic hydroxyl groups is 1. The van der Waals surface area contributed by atoms with Gasteiger partial charge in [-0.15, -0.1) is 0 Å². The molecule has 4 heteroatoms. The van der Waals surface area contributed by atoms with Gasteiger partial charge in [0.1, 0.15) is 11.6 Å². The number of benzene rings is 2. The second-order valence-corrected chi connectivity index (χ2v) is 4.97. The molecule has 0 bridgehead atoms. The summed E-state index contributed by atoms with van der Waals surface area (Å²) < 4.78 is 26.7. The summed E-state index contributed by atoms with van der Waals surface area (Å²) in [6.45, 7) is 1.56. The molecule has 94 valence electrons. The smallest absolute Gasteiger partial charge is 0.137 e. The predicted molar refractivity (Wildman–Crippen MR) is 67.6 cm³/mol. The van der Waals surface area contributed by atoms with E-state index in [2.05, 4.69) is 0 Å². The second-order valence-electron chi connectivity index (χ2n) is 3.89. The molecule has 0 saturated heterocycles. The quantitative estimate of drug-likeness (QED) is 0.899. The minimum absolute atomic E-state index is 0.330. The van der Waals surface area contributed by atoms with Crippen molar-refractivity contribution in [1.29, 1.82) is 0 Å². The fraction of sp³-hybridized carbons (Fsp3) is 0.143. The summed E-state index contributed by atoms with van der Waals surface area (Å²) in [4.78, 5) is 1.10. The molecule has 0 aliphatic rings. The molecule has 0 radical (unpaired) electrons. The van der Waals surface area contributed by atoms with E-state index in [4.69, 9.17) is 0 Å². The molecule has 2 aromatic rings. The zero-order valence-electron chi connectivity index (χ0n) is 9.73. The summed E-state index contributed by atoms with van der Waals surface area (Å²) in [6, 6.07) is 10.5. The van der Waals surface area contributed by atoms with E-state index in [0.29, 0.717) is 15.4 Å². The molecule has 0 saturated carbocycles. The van der Waals surface area contributed by atoms with Gasteiger partial charge in [0.15, 0.2) is 0 Å². The summed E-state index contributed by atoms with van der Waals surface area (Å²) in [5, 5.41) is 9.60. The van der Waals surface area contributed by atoms with Crippen molar-refractivity contribution in [3.05, 3.63) is 59.7 Å². The fourth-order valence-corrected chi connectivity index (χ4v) is 2.62. The van der Waals surface area contributed by atoms with E-state index in [1.54, 1.807) is 31.2 Å². The molecule has 0 fully saturated rings. The monoisotopic (exact) mass is 266 g/mol. The maximum absolute atomic E-state index is 13.5. The van der Waals surface area contributed by atoms with E-state index in [9.17, 15) is 13.9 Å². The molecular formula is C14H12F2OS. The van der Waals surface area contributed by atoms with Crippen LogP contribution in [0, 0.1) is 11.6 Å². The Morgan fingerprint density at radius 2 is 1.78 bits per heavy atom. The minimum Gasteiger partial charge on any atom is -0.389 e. The van der Waals surface area contributed by atoms with Crippen LogP contribution in [0.4, 0.5) is 8.78 Å². The molecule has 0 aliphatic carbocycles. The van der Waals surface area contributed by atoms with Gasteiger partial charge in [-0.25, -0.2) is 8.78 Å². The SMILES string of the molecule is CC(O)c1cc(F)ccc1Sc1ccccc1F. The van der Waals surface area contributed by atoms with Crippen LogP contribution in [0.2, 0.25) is 0 Å². The van der Waals surface area contributed by atoms with Gasteiger partial charge in [0.25, 0.3) is 0 Å². The molecule has 18 heavy (non-hydrogen) atoms. The second kappa shape index (κ2) is 5.50. The van der Waals surface area contributed by atoms with Gasteiger partial charge in [-0.1, -0.05) is 23.9 Å². The van der Waals surface area contributed by atoms with Crippen LogP contribution in [0.5, 0.6) is 0 Å². The Balaban J connectivity index is 2.37. The van der Waals surface area contributed by atoms with Crippen LogP contribution in [-0.4, -0.2) is 5.11 Å². The third kappa shape index (κ3) is 2.89. The van der Waals surface area contributed by atoms with Crippen molar-refractivity contribution in [2.45, 2.75) is 22.8 Å². The van der Waals surface area contributed by atoms with E-state index >= 15 is 0 Å². The van der Waals surface area contributed by atoms with Crippen LogP contribution >= 0.6 is 11.8 Å². The summed E-state index contributed by atoms with van der Waals surface area (Å²) in [7, 11) is 0. The number of hydrogen-bond donors (Lipinski definition) is 1. The van der Waals surface area contributed by atoms with Crippen LogP contribution in [0.3, 0.4) is 0 Å². The molecule has 1 atom stereocenters. The minimum atomic E-state index is -0.796. The van der Waals surface area contributed by atoms with E-state index < -0.39 is 11.9 Å². The predicted octanol–water partition coefficient (Wildman–Crippen LogP) is 4.17. The summed E-state index contributed by atoms with van der Waals surface area (Å²) in [5.41, 5.74) is 0.461. The van der Waals surface area contributed by atoms with E-state index in [1.165, 1.54) is 30.0 Å². The van der Waals surface area contributed by atoms with Crippen molar-refractivity contribution >= 4 is 11.8 Å². The van der Waals surface area contributed by atoms with Gasteiger partial charge in [0, 0.05) is 9.79 Å². The summed E-state index contributed by atoms with van der Waals surface area (Å²) >= 11 is 1.18. The van der Waals surface area contributed by atoms with Crippen LogP contribution in [-0.2, 0) is 0 Å². The first kappa shape index (κ1) is 13.1. The van der Waals surface area contributed by atoms with E-state index in [0.717, 1.165) is 0 Å². The number of aliphatic hydroxyl groups excluding tert-OH is 1. The topological polar surface area (TPSA) is 20.2 Å². The third-order valence-electron chi connectivity index (χ3n) is 2.48. The Morgan fingerprint density at radius 1 is 1.06 bits per heavy atom. The lowest BCUT2D eigenvalue weighted by Crippen LogP contribution is -1.95. The first-order chi connectivity index (χ1) is 8.58. The van der Waals surface area contributed by atoms with Gasteiger partial charge < -0.3 is 5.11 Å². The highest BCUT2D eigenvalue weighted by atomic mass is 32.2. The fourth-order valence-electron chi connectivity index (χ4n) is 1.58. The maximum Gasteiger partial charge on any atom is 0.137 e. The van der Waals surface area contributed by atoms with Gasteiger partial charge in [0.05, 0.1) is 6.10 Å². The lowest BCUT2D eigenvalue weighted by molar-refractivity contribution is 0.196. The van der Waals surface area contributed by atoms with Gasteiger partial charge >= 0.3 is 0 Å². The van der Waals surface area contributed by atoms with Crippen molar-refractivity contribution < 1.29 is 13.9 Å². The van der Waals surface area contributed by atoms with Gasteiger partial charge in [-0.3, -0.25) is 0 Å². The van der Waals surface area contributed by atoms with Crippen LogP contribution in [0.25, 0.3) is 0 Å². The normalized spacial score (nSPS) is 12.4. The van der Waals surface area contributed by atoms with Gasteiger partial charge in [0.2, 0.25) is 0 Å². The Hall–Kier alpha value is -1.39. The van der Waals surface area contributed by atoms with Crippen LogP contribution in [0.15, 0.2) is 52.3 Å². The van der Waals surface area contributed by atoms with Crippen molar-refractivity contribution in [2.24, 2.45) is 0 Å². The molecule has 2 rings (SSSR count). The summed E-state index contributed by atoms with van der Waals surface area (Å²) in [6.07, 6.45) is -0.796. The first-order valence-corrected chi connectivity index (χ1v) is 6.29. The van der Waals surface area contributed by atoms with Crippen molar-refractivity contribution in [2.75, 3.05) is 0 Å². The van der Waals surface area contributed by atoms with Gasteiger partial charge in [-0.05, 0) is 42.8 Å². The number of halogens is 2. The lowest BCUT2D eigenvalue weighted by atomic mass is 10.1. The highest BCUT2D eigenvalue weighted by molar-refractivity contribution is 7.99. The molecule has 2 aromatic carbocycles. The Kier molecular flexibility index (Phi) is 3.99. The Morgan fingerprint density at radius 3 is 2.44 bits per heavy atom. The average molecular weight is 266 g/mol. The van der Waals surface area contributed by atoms with Crippen molar-refractivity contribution in [3.8, 4) is 0 Å². The van der Waals surface area contributed by atoms with Crippen LogP contribution in [0.1, 0.15) is 18.6 Å². The zero-order chi connectivity index (χ0) is 13.1. The molecule has 0 amide bonds. The molecule has 1 nitrogen and oxygen atoms in total. The molecule has 1 N–H and O–H groups in total. The Bertz CT molecular complexity index is 555. The van der Waals surface area contributed by atoms with E-state index in [-0.39, 0.29) is 5.82 Å². The number of hydrogen-bond acceptors (Lipinski definition) is 2. The Labute approximate surface area is 108 Å². The van der Waals surface area contributed by atoms with Gasteiger partial charge in [-0.2, -0.15) is 0 Å². The maximum atomic E-state index is 13.5. The highest BCUT2D eigenvalue weighted by Crippen LogP contribution is 2.34. The average Bonchev–Trinajstić information content (AvgIpc) is 2.34. The molecule has 0 heterocycles. The number of rotatable bonds is 3. The highest BCUT2D eigenvalue weighted by Gasteiger charge is 2.12. The molecule has 0 aliphatic heterocycles. The zero-order valence-corrected chi connectivity index (χ0v) is 10.5. The third-order valence-corrected chi connectivity index (χ3v) is 3.62. The van der Waals surface area contributed by atoms with Crippen molar-refractivity contribution in [1.82, 2.24) is 0 Å². The van der Waals surface area contributed by atoms with E-state index in [1.807, 2.05) is 0 Å².